The summed E-state index contributed by atoms with van der Waals surface area (Å²) in [6.45, 7) is 0. The first-order valence-electron chi connectivity index (χ1n) is 8.93. The molecule has 6 nitrogen and oxygen atoms in total. The summed E-state index contributed by atoms with van der Waals surface area (Å²) in [7, 11) is 3.14. The number of carbonyl (C=O) groups excluding carboxylic acids is 2. The first kappa shape index (κ1) is 15.6. The Labute approximate surface area is 151 Å². The Morgan fingerprint density at radius 1 is 1.08 bits per heavy atom. The van der Waals surface area contributed by atoms with Gasteiger partial charge in [-0.05, 0) is 48.3 Å². The molecule has 3 aliphatic carbocycles. The van der Waals surface area contributed by atoms with Gasteiger partial charge >= 0.3 is 0 Å². The van der Waals surface area contributed by atoms with Crippen LogP contribution in [0.1, 0.15) is 18.4 Å². The van der Waals surface area contributed by atoms with Crippen molar-refractivity contribution in [3.63, 3.8) is 0 Å². The molecule has 3 fully saturated rings. The van der Waals surface area contributed by atoms with Crippen LogP contribution in [-0.4, -0.2) is 37.3 Å². The number of carbonyl (C=O) groups is 2. The zero-order valence-electron chi connectivity index (χ0n) is 14.7. The lowest BCUT2D eigenvalue weighted by Crippen LogP contribution is -2.30. The molecule has 2 saturated carbocycles. The summed E-state index contributed by atoms with van der Waals surface area (Å²) < 4.78 is 10.5. The maximum Gasteiger partial charge on any atom is 0.254 e. The number of rotatable bonds is 4. The third-order valence-electron chi connectivity index (χ3n) is 6.58. The molecular formula is C20H20N2O4. The second kappa shape index (κ2) is 5.19. The van der Waals surface area contributed by atoms with Gasteiger partial charge in [0, 0.05) is 5.56 Å². The number of hydrogen-bond donors (Lipinski definition) is 0. The van der Waals surface area contributed by atoms with Crippen LogP contribution < -0.4 is 9.47 Å². The molecule has 0 unspecified atom stereocenters. The summed E-state index contributed by atoms with van der Waals surface area (Å²) in [6.07, 6.45) is 8.07. The van der Waals surface area contributed by atoms with E-state index in [1.807, 2.05) is 0 Å². The van der Waals surface area contributed by atoms with Crippen molar-refractivity contribution in [3.05, 3.63) is 35.9 Å². The predicted octanol–water partition coefficient (Wildman–Crippen LogP) is 2.23. The van der Waals surface area contributed by atoms with Gasteiger partial charge in [0.25, 0.3) is 11.8 Å². The van der Waals surface area contributed by atoms with Gasteiger partial charge in [0.15, 0.2) is 0 Å². The molecular weight excluding hydrogens is 332 g/mol. The quantitative estimate of drug-likeness (QED) is 0.473. The Morgan fingerprint density at radius 2 is 1.73 bits per heavy atom. The largest absolute Gasteiger partial charge is 0.497 e. The number of imide groups is 1. The zero-order chi connectivity index (χ0) is 18.1. The lowest BCUT2D eigenvalue weighted by molar-refractivity contribution is -0.141. The molecule has 4 atom stereocenters. The number of benzene rings is 1. The lowest BCUT2D eigenvalue weighted by atomic mass is 9.85. The minimum atomic E-state index is -0.232. The first-order valence-corrected chi connectivity index (χ1v) is 8.93. The number of nitrogens with zero attached hydrogens (tertiary/aromatic N) is 2. The van der Waals surface area contributed by atoms with Crippen LogP contribution in [0.15, 0.2) is 35.5 Å². The smallest absolute Gasteiger partial charge is 0.254 e. The summed E-state index contributed by atoms with van der Waals surface area (Å²) >= 11 is 0. The van der Waals surface area contributed by atoms with Gasteiger partial charge in [0.05, 0.1) is 32.3 Å². The number of hydrogen-bond acceptors (Lipinski definition) is 5. The molecule has 0 N–H and O–H groups in total. The summed E-state index contributed by atoms with van der Waals surface area (Å²) in [5.41, 5.74) is 0.858. The number of methoxy groups -OCH3 is 2. The van der Waals surface area contributed by atoms with E-state index in [1.165, 1.54) is 6.21 Å². The summed E-state index contributed by atoms with van der Waals surface area (Å²) in [5.74, 6) is 0.880. The number of allylic oxidation sites excluding steroid dienone is 2. The molecule has 26 heavy (non-hydrogen) atoms. The maximum atomic E-state index is 12.9. The van der Waals surface area contributed by atoms with Gasteiger partial charge in [0.1, 0.15) is 11.5 Å². The SMILES string of the molecule is COc1ccc(OC)c(/C=N\N2C(=O)[C@@H]3[C@@H](C2=O)[C@H]2C=C[C@H]3C23CC3)c1. The van der Waals surface area contributed by atoms with Crippen LogP contribution in [0, 0.1) is 29.1 Å². The highest BCUT2D eigenvalue weighted by atomic mass is 16.5. The van der Waals surface area contributed by atoms with Gasteiger partial charge in [-0.3, -0.25) is 9.59 Å². The van der Waals surface area contributed by atoms with Crippen molar-refractivity contribution in [2.75, 3.05) is 14.2 Å². The Balaban J connectivity index is 1.44. The molecule has 4 aliphatic rings. The van der Waals surface area contributed by atoms with Crippen molar-refractivity contribution in [1.82, 2.24) is 5.01 Å². The van der Waals surface area contributed by atoms with Crippen molar-refractivity contribution in [2.45, 2.75) is 12.8 Å². The normalized spacial score (nSPS) is 32.8. The van der Waals surface area contributed by atoms with Gasteiger partial charge in [-0.15, -0.1) is 0 Å². The molecule has 5 rings (SSSR count). The van der Waals surface area contributed by atoms with Gasteiger partial charge in [0.2, 0.25) is 0 Å². The van der Waals surface area contributed by atoms with E-state index >= 15 is 0 Å². The fraction of sp³-hybridized carbons (Fsp3) is 0.450. The van der Waals surface area contributed by atoms with E-state index in [0.717, 1.165) is 17.9 Å². The predicted molar refractivity (Wildman–Crippen MR) is 93.8 cm³/mol. The van der Waals surface area contributed by atoms with Crippen molar-refractivity contribution in [2.24, 2.45) is 34.2 Å². The number of ether oxygens (including phenoxy) is 2. The van der Waals surface area contributed by atoms with Crippen LogP contribution in [-0.2, 0) is 9.59 Å². The molecule has 1 spiro atoms. The average molecular weight is 352 g/mol. The molecule has 0 radical (unpaired) electrons. The van der Waals surface area contributed by atoms with E-state index in [2.05, 4.69) is 17.3 Å². The Kier molecular flexibility index (Phi) is 3.12. The van der Waals surface area contributed by atoms with E-state index < -0.39 is 0 Å². The van der Waals surface area contributed by atoms with Crippen molar-refractivity contribution in [3.8, 4) is 11.5 Å². The van der Waals surface area contributed by atoms with Gasteiger partial charge in [-0.2, -0.15) is 10.1 Å². The molecule has 1 saturated heterocycles. The summed E-state index contributed by atoms with van der Waals surface area (Å²) in [4.78, 5) is 25.8. The van der Waals surface area contributed by atoms with Crippen LogP contribution in [0.4, 0.5) is 0 Å². The molecule has 0 aromatic heterocycles. The van der Waals surface area contributed by atoms with Crippen molar-refractivity contribution >= 4 is 18.0 Å². The van der Waals surface area contributed by atoms with E-state index in [-0.39, 0.29) is 40.9 Å². The first-order chi connectivity index (χ1) is 12.6. The van der Waals surface area contributed by atoms with Crippen LogP contribution >= 0.6 is 0 Å². The maximum absolute atomic E-state index is 12.9. The molecule has 2 bridgehead atoms. The average Bonchev–Trinajstić information content (AvgIpc) is 3.26. The van der Waals surface area contributed by atoms with Crippen LogP contribution in [0.2, 0.25) is 0 Å². The second-order valence-electron chi connectivity index (χ2n) is 7.56. The zero-order valence-corrected chi connectivity index (χ0v) is 14.7. The molecule has 134 valence electrons. The molecule has 1 aliphatic heterocycles. The van der Waals surface area contributed by atoms with E-state index in [4.69, 9.17) is 9.47 Å². The van der Waals surface area contributed by atoms with Crippen molar-refractivity contribution < 1.29 is 19.1 Å². The fourth-order valence-electron chi connectivity index (χ4n) is 5.24. The standard InChI is InChI=1S/C20H20N2O4/c1-25-12-3-6-15(26-2)11(9-12)10-21-22-18(23)16-13-4-5-14(17(16)19(22)24)20(13)7-8-20/h3-6,9-10,13-14,16-17H,7-8H2,1-2H3/b21-10-/t13-,14-,16+,17+/m1/s1. The molecule has 6 heteroatoms. The third-order valence-corrected chi connectivity index (χ3v) is 6.58. The molecule has 1 aromatic carbocycles. The van der Waals surface area contributed by atoms with Crippen LogP contribution in [0.3, 0.4) is 0 Å². The minimum absolute atomic E-state index is 0.166. The highest BCUT2D eigenvalue weighted by Gasteiger charge is 2.73. The highest BCUT2D eigenvalue weighted by Crippen LogP contribution is 2.73. The van der Waals surface area contributed by atoms with E-state index in [0.29, 0.717) is 17.1 Å². The molecule has 1 aromatic rings. The number of hydrazone groups is 1. The number of amides is 2. The second-order valence-corrected chi connectivity index (χ2v) is 7.56. The van der Waals surface area contributed by atoms with Gasteiger partial charge in [-0.1, -0.05) is 12.2 Å². The number of fused-ring (bicyclic) bond motifs is 3. The monoisotopic (exact) mass is 352 g/mol. The molecule has 2 amide bonds. The minimum Gasteiger partial charge on any atom is -0.497 e. The van der Waals surface area contributed by atoms with Gasteiger partial charge < -0.3 is 9.47 Å². The summed E-state index contributed by atoms with van der Waals surface area (Å²) in [5, 5.41) is 5.30. The van der Waals surface area contributed by atoms with Crippen LogP contribution in [0.5, 0.6) is 11.5 Å². The topological polar surface area (TPSA) is 68.2 Å². The molecule has 1 heterocycles. The Hall–Kier alpha value is -2.63. The van der Waals surface area contributed by atoms with Gasteiger partial charge in [-0.25, -0.2) is 0 Å². The highest BCUT2D eigenvalue weighted by molar-refractivity contribution is 6.07. The Bertz CT molecular complexity index is 837. The summed E-state index contributed by atoms with van der Waals surface area (Å²) in [6, 6.07) is 5.31. The van der Waals surface area contributed by atoms with Crippen molar-refractivity contribution in [1.29, 1.82) is 0 Å². The van der Waals surface area contributed by atoms with E-state index in [9.17, 15) is 9.59 Å². The van der Waals surface area contributed by atoms with E-state index in [1.54, 1.807) is 32.4 Å². The Morgan fingerprint density at radius 3 is 2.27 bits per heavy atom. The van der Waals surface area contributed by atoms with Crippen LogP contribution in [0.25, 0.3) is 0 Å². The lowest BCUT2D eigenvalue weighted by Gasteiger charge is -2.18. The fourth-order valence-corrected chi connectivity index (χ4v) is 5.24. The third kappa shape index (κ3) is 1.84.